The second-order valence-electron chi connectivity index (χ2n) is 4.57. The van der Waals surface area contributed by atoms with Crippen LogP contribution in [0.25, 0.3) is 22.3 Å². The molecule has 3 nitrogen and oxygen atoms in total. The molecule has 0 spiro atoms. The lowest BCUT2D eigenvalue weighted by Gasteiger charge is -2.00. The van der Waals surface area contributed by atoms with Crippen LogP contribution in [-0.4, -0.2) is 13.1 Å². The van der Waals surface area contributed by atoms with E-state index in [9.17, 15) is 4.79 Å². The first kappa shape index (κ1) is 12.5. The van der Waals surface area contributed by atoms with Gasteiger partial charge in [0, 0.05) is 16.5 Å². The molecule has 0 aliphatic rings. The van der Waals surface area contributed by atoms with Crippen LogP contribution in [0.5, 0.6) is 0 Å². The van der Waals surface area contributed by atoms with E-state index in [1.54, 1.807) is 0 Å². The maximum absolute atomic E-state index is 11.4. The molecule has 3 heteroatoms. The van der Waals surface area contributed by atoms with Crippen molar-refractivity contribution < 1.29 is 13.9 Å². The number of hydrogen-bond donors (Lipinski definition) is 0. The van der Waals surface area contributed by atoms with E-state index in [1.165, 1.54) is 7.11 Å². The summed E-state index contributed by atoms with van der Waals surface area (Å²) in [5.41, 5.74) is 2.61. The summed E-state index contributed by atoms with van der Waals surface area (Å²) in [6, 6.07) is 17.7. The predicted octanol–water partition coefficient (Wildman–Crippen LogP) is 3.82. The van der Waals surface area contributed by atoms with Gasteiger partial charge in [-0.05, 0) is 6.07 Å². The lowest BCUT2D eigenvalue weighted by Crippen LogP contribution is -2.04. The van der Waals surface area contributed by atoms with Gasteiger partial charge in [0.05, 0.1) is 13.5 Å². The van der Waals surface area contributed by atoms with Gasteiger partial charge in [0.1, 0.15) is 11.3 Å². The Morgan fingerprint density at radius 2 is 1.90 bits per heavy atom. The second kappa shape index (κ2) is 5.21. The molecular weight excluding hydrogens is 252 g/mol. The van der Waals surface area contributed by atoms with E-state index in [-0.39, 0.29) is 12.4 Å². The number of ether oxygens (including phenoxy) is 1. The molecule has 0 N–H and O–H groups in total. The molecule has 0 aliphatic heterocycles. The molecule has 1 aromatic heterocycles. The minimum atomic E-state index is -0.268. The molecule has 0 amide bonds. The van der Waals surface area contributed by atoms with Crippen molar-refractivity contribution in [2.45, 2.75) is 6.42 Å². The van der Waals surface area contributed by atoms with Gasteiger partial charge >= 0.3 is 5.97 Å². The van der Waals surface area contributed by atoms with E-state index in [1.807, 2.05) is 54.6 Å². The van der Waals surface area contributed by atoms with Crippen molar-refractivity contribution in [1.82, 2.24) is 0 Å². The molecule has 20 heavy (non-hydrogen) atoms. The fourth-order valence-electron chi connectivity index (χ4n) is 2.24. The summed E-state index contributed by atoms with van der Waals surface area (Å²) in [6.07, 6.45) is 0.218. The molecule has 0 aliphatic carbocycles. The van der Waals surface area contributed by atoms with Gasteiger partial charge in [-0.1, -0.05) is 48.5 Å². The number of para-hydroxylation sites is 1. The SMILES string of the molecule is COC(=O)Cc1cccc2cc(-c3ccccc3)oc12. The Morgan fingerprint density at radius 1 is 1.10 bits per heavy atom. The Kier molecular flexibility index (Phi) is 3.25. The minimum absolute atomic E-state index is 0.218. The van der Waals surface area contributed by atoms with Crippen LogP contribution >= 0.6 is 0 Å². The van der Waals surface area contributed by atoms with Crippen molar-refractivity contribution in [1.29, 1.82) is 0 Å². The Balaban J connectivity index is 2.07. The summed E-state index contributed by atoms with van der Waals surface area (Å²) in [4.78, 5) is 11.4. The minimum Gasteiger partial charge on any atom is -0.469 e. The molecule has 1 heterocycles. The van der Waals surface area contributed by atoms with Crippen molar-refractivity contribution in [2.24, 2.45) is 0 Å². The van der Waals surface area contributed by atoms with Crippen molar-refractivity contribution >= 4 is 16.9 Å². The summed E-state index contributed by atoms with van der Waals surface area (Å²) in [7, 11) is 1.39. The number of fused-ring (bicyclic) bond motifs is 1. The normalized spacial score (nSPS) is 10.7. The average molecular weight is 266 g/mol. The van der Waals surface area contributed by atoms with E-state index < -0.39 is 0 Å². The largest absolute Gasteiger partial charge is 0.469 e. The number of esters is 1. The van der Waals surface area contributed by atoms with E-state index in [0.717, 1.165) is 27.9 Å². The molecule has 100 valence electrons. The van der Waals surface area contributed by atoms with Gasteiger partial charge in [0.25, 0.3) is 0 Å². The van der Waals surface area contributed by atoms with Gasteiger partial charge in [-0.3, -0.25) is 4.79 Å². The Bertz CT molecular complexity index is 741. The first-order chi connectivity index (χ1) is 9.78. The first-order valence-electron chi connectivity index (χ1n) is 6.41. The molecule has 0 saturated heterocycles. The van der Waals surface area contributed by atoms with Gasteiger partial charge in [-0.15, -0.1) is 0 Å². The van der Waals surface area contributed by atoms with Gasteiger partial charge in [-0.2, -0.15) is 0 Å². The molecule has 3 aromatic rings. The van der Waals surface area contributed by atoms with Crippen molar-refractivity contribution in [3.63, 3.8) is 0 Å². The fourth-order valence-corrected chi connectivity index (χ4v) is 2.24. The molecule has 0 saturated carbocycles. The highest BCUT2D eigenvalue weighted by molar-refractivity contribution is 5.88. The van der Waals surface area contributed by atoms with Crippen molar-refractivity contribution in [3.8, 4) is 11.3 Å². The molecule has 0 unspecified atom stereocenters. The number of carbonyl (C=O) groups is 1. The highest BCUT2D eigenvalue weighted by Gasteiger charge is 2.12. The van der Waals surface area contributed by atoms with Gasteiger partial charge < -0.3 is 9.15 Å². The van der Waals surface area contributed by atoms with Gasteiger partial charge in [0.2, 0.25) is 0 Å². The van der Waals surface area contributed by atoms with Crippen molar-refractivity contribution in [2.75, 3.05) is 7.11 Å². The molecule has 0 bridgehead atoms. The van der Waals surface area contributed by atoms with Crippen LogP contribution in [0.4, 0.5) is 0 Å². The topological polar surface area (TPSA) is 39.4 Å². The zero-order valence-corrected chi connectivity index (χ0v) is 11.1. The summed E-state index contributed by atoms with van der Waals surface area (Å²) >= 11 is 0. The third-order valence-electron chi connectivity index (χ3n) is 3.25. The molecule has 2 aromatic carbocycles. The van der Waals surface area contributed by atoms with Crippen LogP contribution in [-0.2, 0) is 16.0 Å². The van der Waals surface area contributed by atoms with Crippen LogP contribution < -0.4 is 0 Å². The average Bonchev–Trinajstić information content (AvgIpc) is 2.93. The van der Waals surface area contributed by atoms with Crippen LogP contribution in [0.2, 0.25) is 0 Å². The van der Waals surface area contributed by atoms with Crippen LogP contribution in [0.3, 0.4) is 0 Å². The lowest BCUT2D eigenvalue weighted by molar-refractivity contribution is -0.139. The highest BCUT2D eigenvalue weighted by Crippen LogP contribution is 2.30. The maximum Gasteiger partial charge on any atom is 0.310 e. The van der Waals surface area contributed by atoms with E-state index in [2.05, 4.69) is 0 Å². The number of furan rings is 1. The van der Waals surface area contributed by atoms with Crippen LogP contribution in [0.15, 0.2) is 59.0 Å². The second-order valence-corrected chi connectivity index (χ2v) is 4.57. The third-order valence-corrected chi connectivity index (χ3v) is 3.25. The van der Waals surface area contributed by atoms with Crippen molar-refractivity contribution in [3.05, 3.63) is 60.2 Å². The Morgan fingerprint density at radius 3 is 2.65 bits per heavy atom. The summed E-state index contributed by atoms with van der Waals surface area (Å²) in [5.74, 6) is 0.535. The Hall–Kier alpha value is -2.55. The summed E-state index contributed by atoms with van der Waals surface area (Å²) in [6.45, 7) is 0. The summed E-state index contributed by atoms with van der Waals surface area (Å²) in [5, 5.41) is 0.991. The van der Waals surface area contributed by atoms with E-state index in [0.29, 0.717) is 0 Å². The zero-order valence-electron chi connectivity index (χ0n) is 11.1. The van der Waals surface area contributed by atoms with E-state index in [4.69, 9.17) is 9.15 Å². The number of methoxy groups -OCH3 is 1. The molecular formula is C17H14O3. The monoisotopic (exact) mass is 266 g/mol. The zero-order chi connectivity index (χ0) is 13.9. The third kappa shape index (κ3) is 2.30. The summed E-state index contributed by atoms with van der Waals surface area (Å²) < 4.78 is 10.6. The fraction of sp³-hybridized carbons (Fsp3) is 0.118. The van der Waals surface area contributed by atoms with Gasteiger partial charge in [-0.25, -0.2) is 0 Å². The molecule has 3 rings (SSSR count). The predicted molar refractivity (Wildman–Crippen MR) is 77.4 cm³/mol. The maximum atomic E-state index is 11.4. The first-order valence-corrected chi connectivity index (χ1v) is 6.41. The quantitative estimate of drug-likeness (QED) is 0.677. The molecule has 0 fully saturated rings. The van der Waals surface area contributed by atoms with Crippen LogP contribution in [0, 0.1) is 0 Å². The lowest BCUT2D eigenvalue weighted by atomic mass is 10.1. The smallest absolute Gasteiger partial charge is 0.310 e. The number of benzene rings is 2. The molecule has 0 radical (unpaired) electrons. The number of carbonyl (C=O) groups excluding carboxylic acids is 1. The molecule has 0 atom stereocenters. The standard InChI is InChI=1S/C17H14O3/c1-19-16(18)11-14-9-5-8-13-10-15(20-17(13)14)12-6-3-2-4-7-12/h2-10H,11H2,1H3. The Labute approximate surface area is 116 Å². The number of rotatable bonds is 3. The highest BCUT2D eigenvalue weighted by atomic mass is 16.5. The number of hydrogen-bond acceptors (Lipinski definition) is 3. The van der Waals surface area contributed by atoms with Crippen LogP contribution in [0.1, 0.15) is 5.56 Å². The van der Waals surface area contributed by atoms with E-state index >= 15 is 0 Å². The van der Waals surface area contributed by atoms with Gasteiger partial charge in [0.15, 0.2) is 0 Å².